The smallest absolute Gasteiger partial charge is 0.278 e. The number of anilines is 1. The summed E-state index contributed by atoms with van der Waals surface area (Å²) in [7, 11) is 1.61. The Hall–Kier alpha value is -3.73. The van der Waals surface area contributed by atoms with Crippen molar-refractivity contribution in [2.45, 2.75) is 25.8 Å². The van der Waals surface area contributed by atoms with Gasteiger partial charge in [-0.05, 0) is 49.3 Å². The van der Waals surface area contributed by atoms with Crippen LogP contribution in [0.25, 0.3) is 21.9 Å². The van der Waals surface area contributed by atoms with Crippen LogP contribution >= 0.6 is 12.2 Å². The second-order valence-corrected chi connectivity index (χ2v) is 8.93. The number of carbonyl (C=O) groups excluding carboxylic acids is 1. The van der Waals surface area contributed by atoms with Gasteiger partial charge in [0.1, 0.15) is 11.3 Å². The topological polar surface area (TPSA) is 112 Å². The molecule has 10 nitrogen and oxygen atoms in total. The zero-order valence-corrected chi connectivity index (χ0v) is 20.3. The van der Waals surface area contributed by atoms with Crippen LogP contribution in [-0.4, -0.2) is 68.6 Å². The van der Waals surface area contributed by atoms with E-state index in [-0.39, 0.29) is 11.5 Å². The number of amides is 1. The fourth-order valence-electron chi connectivity index (χ4n) is 4.51. The molecule has 11 heteroatoms. The van der Waals surface area contributed by atoms with Crippen molar-refractivity contribution in [2.24, 2.45) is 0 Å². The van der Waals surface area contributed by atoms with Crippen LogP contribution in [-0.2, 0) is 11.3 Å². The van der Waals surface area contributed by atoms with E-state index in [1.165, 1.54) is 0 Å². The molecule has 0 aliphatic carbocycles. The highest BCUT2D eigenvalue weighted by atomic mass is 32.1. The van der Waals surface area contributed by atoms with Crippen molar-refractivity contribution in [1.82, 2.24) is 29.4 Å². The zero-order chi connectivity index (χ0) is 24.4. The minimum Gasteiger partial charge on any atom is -0.497 e. The summed E-state index contributed by atoms with van der Waals surface area (Å²) < 4.78 is 7.24. The molecular weight excluding hydrogens is 466 g/mol. The van der Waals surface area contributed by atoms with Gasteiger partial charge in [-0.3, -0.25) is 14.2 Å². The Balaban J connectivity index is 1.18. The van der Waals surface area contributed by atoms with Gasteiger partial charge in [0.15, 0.2) is 4.77 Å². The average molecular weight is 494 g/mol. The van der Waals surface area contributed by atoms with Crippen LogP contribution in [0.5, 0.6) is 5.75 Å². The van der Waals surface area contributed by atoms with Crippen molar-refractivity contribution >= 4 is 46.0 Å². The molecular formula is C24H27N7O3S. The Labute approximate surface area is 206 Å². The van der Waals surface area contributed by atoms with Crippen LogP contribution in [0.3, 0.4) is 0 Å². The van der Waals surface area contributed by atoms with E-state index in [0.717, 1.165) is 24.0 Å². The second kappa shape index (κ2) is 9.87. The van der Waals surface area contributed by atoms with Gasteiger partial charge in [0.05, 0.1) is 12.6 Å². The maximum atomic E-state index is 13.1. The number of aromatic nitrogens is 5. The number of unbranched alkanes of at least 4 members (excludes halogenated alkanes) is 1. The molecule has 1 amide bonds. The lowest BCUT2D eigenvalue weighted by Gasteiger charge is -2.34. The summed E-state index contributed by atoms with van der Waals surface area (Å²) in [6.07, 6.45) is 5.26. The van der Waals surface area contributed by atoms with Gasteiger partial charge in [-0.2, -0.15) is 0 Å². The van der Waals surface area contributed by atoms with E-state index in [9.17, 15) is 9.59 Å². The Morgan fingerprint density at radius 3 is 2.60 bits per heavy atom. The van der Waals surface area contributed by atoms with E-state index in [1.807, 2.05) is 23.1 Å². The highest BCUT2D eigenvalue weighted by Gasteiger charge is 2.22. The van der Waals surface area contributed by atoms with Crippen LogP contribution in [0, 0.1) is 4.77 Å². The maximum absolute atomic E-state index is 13.1. The maximum Gasteiger partial charge on any atom is 0.278 e. The molecule has 0 radical (unpaired) electrons. The number of ether oxygens (including phenoxy) is 1. The van der Waals surface area contributed by atoms with E-state index >= 15 is 0 Å². The first kappa shape index (κ1) is 23.0. The lowest BCUT2D eigenvalue weighted by Crippen LogP contribution is -2.49. The van der Waals surface area contributed by atoms with Gasteiger partial charge in [0.25, 0.3) is 5.56 Å². The molecule has 4 heterocycles. The molecule has 0 saturated carbocycles. The summed E-state index contributed by atoms with van der Waals surface area (Å²) in [4.78, 5) is 44.7. The van der Waals surface area contributed by atoms with Crippen molar-refractivity contribution in [1.29, 1.82) is 0 Å². The third-order valence-corrected chi connectivity index (χ3v) is 6.75. The monoisotopic (exact) mass is 493 g/mol. The normalized spacial score (nSPS) is 14.1. The zero-order valence-electron chi connectivity index (χ0n) is 19.5. The molecule has 3 aromatic heterocycles. The number of methoxy groups -OCH3 is 1. The second-order valence-electron chi connectivity index (χ2n) is 8.55. The third kappa shape index (κ3) is 4.63. The number of nitrogens with one attached hydrogen (secondary N) is 2. The van der Waals surface area contributed by atoms with Crippen LogP contribution in [0.1, 0.15) is 19.3 Å². The molecule has 0 bridgehead atoms. The Morgan fingerprint density at radius 1 is 1.09 bits per heavy atom. The number of hydrogen-bond acceptors (Lipinski definition) is 7. The first-order valence-electron chi connectivity index (χ1n) is 11.7. The van der Waals surface area contributed by atoms with Crippen LogP contribution in [0.2, 0.25) is 0 Å². The lowest BCUT2D eigenvalue weighted by atomic mass is 10.2. The molecule has 1 aliphatic heterocycles. The van der Waals surface area contributed by atoms with Gasteiger partial charge in [-0.15, -0.1) is 0 Å². The summed E-state index contributed by atoms with van der Waals surface area (Å²) in [6, 6.07) is 7.39. The summed E-state index contributed by atoms with van der Waals surface area (Å²) in [5.41, 5.74) is 1.84. The highest BCUT2D eigenvalue weighted by Crippen LogP contribution is 2.26. The van der Waals surface area contributed by atoms with E-state index in [4.69, 9.17) is 17.0 Å². The number of fused-ring (bicyclic) bond motifs is 3. The minimum atomic E-state index is -0.163. The molecule has 0 atom stereocenters. The molecule has 4 aromatic rings. The molecule has 182 valence electrons. The molecule has 1 fully saturated rings. The molecule has 35 heavy (non-hydrogen) atoms. The van der Waals surface area contributed by atoms with Crippen molar-refractivity contribution in [3.05, 3.63) is 51.8 Å². The van der Waals surface area contributed by atoms with Crippen LogP contribution in [0.4, 0.5) is 5.95 Å². The Kier molecular flexibility index (Phi) is 6.49. The number of benzene rings is 1. The minimum absolute atomic E-state index is 0.135. The fraction of sp³-hybridized carbons (Fsp3) is 0.375. The van der Waals surface area contributed by atoms with Gasteiger partial charge in [0, 0.05) is 62.4 Å². The first-order chi connectivity index (χ1) is 17.0. The van der Waals surface area contributed by atoms with Gasteiger partial charge in [-0.1, -0.05) is 0 Å². The highest BCUT2D eigenvalue weighted by molar-refractivity contribution is 7.71. The van der Waals surface area contributed by atoms with Crippen molar-refractivity contribution < 1.29 is 9.53 Å². The number of hydrogen-bond donors (Lipinski definition) is 2. The predicted octanol–water partition coefficient (Wildman–Crippen LogP) is 2.86. The summed E-state index contributed by atoms with van der Waals surface area (Å²) in [5, 5.41) is 0.860. The SMILES string of the molecule is COc1ccc2[nH]c3c(=O)n(CCCCC(=O)N4CCN(c5ncccn5)CC4)c(=S)[nH]c3c2c1. The lowest BCUT2D eigenvalue weighted by molar-refractivity contribution is -0.131. The van der Waals surface area contributed by atoms with Crippen LogP contribution < -0.4 is 15.2 Å². The molecule has 1 saturated heterocycles. The predicted molar refractivity (Wildman–Crippen MR) is 136 cm³/mol. The van der Waals surface area contributed by atoms with E-state index in [2.05, 4.69) is 24.8 Å². The molecule has 0 unspecified atom stereocenters. The van der Waals surface area contributed by atoms with E-state index in [1.54, 1.807) is 30.1 Å². The van der Waals surface area contributed by atoms with Gasteiger partial charge >= 0.3 is 0 Å². The number of carbonyl (C=O) groups is 1. The molecule has 5 rings (SSSR count). The third-order valence-electron chi connectivity index (χ3n) is 6.43. The molecule has 2 N–H and O–H groups in total. The number of nitrogens with zero attached hydrogens (tertiary/aromatic N) is 5. The Morgan fingerprint density at radius 2 is 1.86 bits per heavy atom. The number of rotatable bonds is 7. The largest absolute Gasteiger partial charge is 0.497 e. The standard InChI is InChI=1S/C24H27N7O3S/c1-34-16-6-7-18-17(15-16)20-21(27-18)22(33)31(24(35)28-20)10-3-2-5-19(32)29-11-13-30(14-12-29)23-25-8-4-9-26-23/h4,6-9,15,27H,2-3,5,10-14H2,1H3,(H,28,35). The van der Waals surface area contributed by atoms with Gasteiger partial charge in [-0.25, -0.2) is 9.97 Å². The first-order valence-corrected chi connectivity index (χ1v) is 12.1. The van der Waals surface area contributed by atoms with Crippen molar-refractivity contribution in [2.75, 3.05) is 38.2 Å². The summed E-state index contributed by atoms with van der Waals surface area (Å²) >= 11 is 5.48. The Bertz CT molecular complexity index is 1470. The van der Waals surface area contributed by atoms with E-state index in [0.29, 0.717) is 66.4 Å². The number of aromatic amines is 2. The molecule has 1 aliphatic rings. The quantitative estimate of drug-likeness (QED) is 0.301. The van der Waals surface area contributed by atoms with Crippen molar-refractivity contribution in [3.63, 3.8) is 0 Å². The summed E-state index contributed by atoms with van der Waals surface area (Å²) in [5.74, 6) is 1.55. The van der Waals surface area contributed by atoms with Crippen molar-refractivity contribution in [3.8, 4) is 5.75 Å². The molecule has 0 spiro atoms. The average Bonchev–Trinajstić information content (AvgIpc) is 3.26. The molecule has 1 aromatic carbocycles. The number of H-pyrrole nitrogens is 2. The van der Waals surface area contributed by atoms with E-state index < -0.39 is 0 Å². The number of piperazine rings is 1. The fourth-order valence-corrected chi connectivity index (χ4v) is 4.78. The summed E-state index contributed by atoms with van der Waals surface area (Å²) in [6.45, 7) is 3.20. The van der Waals surface area contributed by atoms with Crippen LogP contribution in [0.15, 0.2) is 41.5 Å². The van der Waals surface area contributed by atoms with Gasteiger partial charge < -0.3 is 24.5 Å². The van der Waals surface area contributed by atoms with Gasteiger partial charge in [0.2, 0.25) is 11.9 Å².